The molecule has 0 radical (unpaired) electrons. The Bertz CT molecular complexity index is 774. The van der Waals surface area contributed by atoms with Gasteiger partial charge in [0.1, 0.15) is 0 Å². The van der Waals surface area contributed by atoms with Gasteiger partial charge in [-0.25, -0.2) is 0 Å². The quantitative estimate of drug-likeness (QED) is 0.799. The fourth-order valence-electron chi connectivity index (χ4n) is 3.68. The summed E-state index contributed by atoms with van der Waals surface area (Å²) in [5.41, 5.74) is 7.85. The van der Waals surface area contributed by atoms with E-state index in [2.05, 4.69) is 24.0 Å². The van der Waals surface area contributed by atoms with Gasteiger partial charge in [0.25, 0.3) is 5.91 Å². The summed E-state index contributed by atoms with van der Waals surface area (Å²) in [5.74, 6) is 0.0804. The highest BCUT2D eigenvalue weighted by molar-refractivity contribution is 6.35. The van der Waals surface area contributed by atoms with E-state index in [0.717, 1.165) is 40.9 Å². The largest absolute Gasteiger partial charge is 0.359 e. The average Bonchev–Trinajstić information content (AvgIpc) is 3.03. The first-order chi connectivity index (χ1) is 10.6. The highest BCUT2D eigenvalue weighted by atomic mass is 16.2. The predicted molar refractivity (Wildman–Crippen MR) is 89.9 cm³/mol. The van der Waals surface area contributed by atoms with Gasteiger partial charge in [0.2, 0.25) is 0 Å². The van der Waals surface area contributed by atoms with Crippen molar-refractivity contribution in [1.29, 1.82) is 0 Å². The van der Waals surface area contributed by atoms with Crippen molar-refractivity contribution in [2.45, 2.75) is 32.6 Å². The van der Waals surface area contributed by atoms with Crippen LogP contribution >= 0.6 is 0 Å². The topological polar surface area (TPSA) is 36.1 Å². The number of hydrogen-bond acceptors (Lipinski definition) is 1. The second-order valence-electron chi connectivity index (χ2n) is 6.33. The van der Waals surface area contributed by atoms with E-state index >= 15 is 0 Å². The number of carbonyl (C=O) groups excluding carboxylic acids is 1. The van der Waals surface area contributed by atoms with E-state index in [9.17, 15) is 4.79 Å². The molecule has 2 aliphatic rings. The van der Waals surface area contributed by atoms with Gasteiger partial charge in [0.15, 0.2) is 0 Å². The van der Waals surface area contributed by atoms with E-state index in [1.807, 2.05) is 25.3 Å². The van der Waals surface area contributed by atoms with Gasteiger partial charge in [0, 0.05) is 24.0 Å². The van der Waals surface area contributed by atoms with Gasteiger partial charge in [-0.1, -0.05) is 12.1 Å². The van der Waals surface area contributed by atoms with Gasteiger partial charge in [-0.15, -0.1) is 0 Å². The van der Waals surface area contributed by atoms with Crippen LogP contribution in [0.15, 0.2) is 24.3 Å². The molecule has 2 aromatic rings. The minimum atomic E-state index is 0.0804. The zero-order valence-corrected chi connectivity index (χ0v) is 13.1. The van der Waals surface area contributed by atoms with Crippen LogP contribution in [0.5, 0.6) is 0 Å². The molecule has 1 aliphatic carbocycles. The van der Waals surface area contributed by atoms with Gasteiger partial charge in [-0.2, -0.15) is 0 Å². The molecule has 0 fully saturated rings. The highest BCUT2D eigenvalue weighted by Crippen LogP contribution is 2.39. The molecule has 1 aromatic heterocycles. The first-order valence-corrected chi connectivity index (χ1v) is 7.95. The van der Waals surface area contributed by atoms with Crippen LogP contribution in [-0.4, -0.2) is 17.9 Å². The van der Waals surface area contributed by atoms with E-state index in [4.69, 9.17) is 0 Å². The van der Waals surface area contributed by atoms with Crippen LogP contribution in [0.3, 0.4) is 0 Å². The number of benzene rings is 1. The smallest absolute Gasteiger partial charge is 0.258 e. The van der Waals surface area contributed by atoms with Gasteiger partial charge in [-0.05, 0) is 61.9 Å². The van der Waals surface area contributed by atoms with Crippen molar-refractivity contribution < 1.29 is 4.79 Å². The monoisotopic (exact) mass is 292 g/mol. The molecule has 0 saturated heterocycles. The number of nitrogens with zero attached hydrogens (tertiary/aromatic N) is 1. The molecular weight excluding hydrogens is 272 g/mol. The van der Waals surface area contributed by atoms with Crippen LogP contribution in [-0.2, 0) is 17.6 Å². The van der Waals surface area contributed by atoms with Crippen molar-refractivity contribution in [1.82, 2.24) is 4.98 Å². The number of rotatable bonds is 1. The number of aromatic amines is 1. The Hall–Kier alpha value is -2.29. The van der Waals surface area contributed by atoms with Gasteiger partial charge in [-0.3, -0.25) is 4.79 Å². The average molecular weight is 292 g/mol. The maximum Gasteiger partial charge on any atom is 0.258 e. The molecule has 0 spiro atoms. The molecule has 0 saturated carbocycles. The fraction of sp³-hybridized carbons (Fsp3) is 0.316. The summed E-state index contributed by atoms with van der Waals surface area (Å²) >= 11 is 0. The van der Waals surface area contributed by atoms with Crippen LogP contribution in [0.4, 0.5) is 5.69 Å². The molecule has 22 heavy (non-hydrogen) atoms. The number of likely N-dealkylation sites (N-methyl/N-ethyl adjacent to an activating group) is 1. The van der Waals surface area contributed by atoms with E-state index in [-0.39, 0.29) is 5.91 Å². The number of aromatic nitrogens is 1. The van der Waals surface area contributed by atoms with Crippen LogP contribution in [0.25, 0.3) is 11.6 Å². The van der Waals surface area contributed by atoms with Crippen molar-refractivity contribution in [3.8, 4) is 0 Å². The molecule has 1 amide bonds. The third-order valence-electron chi connectivity index (χ3n) is 4.85. The Morgan fingerprint density at radius 1 is 1.23 bits per heavy atom. The first-order valence-electron chi connectivity index (χ1n) is 7.95. The number of nitrogens with one attached hydrogen (secondary N) is 1. The second-order valence-corrected chi connectivity index (χ2v) is 6.33. The Balaban J connectivity index is 1.83. The van der Waals surface area contributed by atoms with Crippen LogP contribution in [0.1, 0.15) is 40.9 Å². The Kier molecular flexibility index (Phi) is 2.96. The molecule has 112 valence electrons. The molecule has 3 nitrogen and oxygen atoms in total. The normalized spacial score (nSPS) is 18.7. The molecule has 2 heterocycles. The number of fused-ring (bicyclic) bond motifs is 2. The summed E-state index contributed by atoms with van der Waals surface area (Å²) in [5, 5.41) is 0. The van der Waals surface area contributed by atoms with Gasteiger partial charge >= 0.3 is 0 Å². The van der Waals surface area contributed by atoms with Crippen molar-refractivity contribution in [3.05, 3.63) is 52.3 Å². The second kappa shape index (κ2) is 4.87. The first kappa shape index (κ1) is 13.4. The third-order valence-corrected chi connectivity index (χ3v) is 4.85. The molecule has 0 unspecified atom stereocenters. The van der Waals surface area contributed by atoms with Crippen LogP contribution in [0, 0.1) is 6.92 Å². The standard InChI is InChI=1S/C19H20N2O/c1-12-6-5-9-17-18(12)15(19(22)21(17)2)11-14-10-13-7-3-4-8-16(13)20-14/h5-6,9-11,20H,3-4,7-8H2,1-2H3. The van der Waals surface area contributed by atoms with E-state index in [1.54, 1.807) is 4.90 Å². The lowest BCUT2D eigenvalue weighted by molar-refractivity contribution is -0.112. The number of hydrogen-bond donors (Lipinski definition) is 1. The Morgan fingerprint density at radius 2 is 2.05 bits per heavy atom. The minimum Gasteiger partial charge on any atom is -0.359 e. The zero-order chi connectivity index (χ0) is 15.3. The summed E-state index contributed by atoms with van der Waals surface area (Å²) in [7, 11) is 1.85. The maximum absolute atomic E-state index is 12.6. The lowest BCUT2D eigenvalue weighted by Crippen LogP contribution is -2.20. The maximum atomic E-state index is 12.6. The highest BCUT2D eigenvalue weighted by Gasteiger charge is 2.30. The van der Waals surface area contributed by atoms with Crippen molar-refractivity contribution in [2.24, 2.45) is 0 Å². The summed E-state index contributed by atoms with van der Waals surface area (Å²) < 4.78 is 0. The number of carbonyl (C=O) groups is 1. The van der Waals surface area contributed by atoms with E-state index in [0.29, 0.717) is 0 Å². The molecule has 0 atom stereocenters. The number of aryl methyl sites for hydroxylation is 3. The fourth-order valence-corrected chi connectivity index (χ4v) is 3.68. The molecule has 0 bridgehead atoms. The lowest BCUT2D eigenvalue weighted by atomic mass is 9.98. The number of anilines is 1. The predicted octanol–water partition coefficient (Wildman–Crippen LogP) is 3.72. The zero-order valence-electron chi connectivity index (χ0n) is 13.1. The Labute approximate surface area is 130 Å². The summed E-state index contributed by atoms with van der Waals surface area (Å²) in [6, 6.07) is 8.30. The SMILES string of the molecule is Cc1cccc2c1C(=Cc1cc3c([nH]1)CCCC3)C(=O)N2C. The Morgan fingerprint density at radius 3 is 2.86 bits per heavy atom. The van der Waals surface area contributed by atoms with E-state index in [1.165, 1.54) is 24.1 Å². The minimum absolute atomic E-state index is 0.0804. The van der Waals surface area contributed by atoms with Crippen molar-refractivity contribution in [3.63, 3.8) is 0 Å². The van der Waals surface area contributed by atoms with Crippen LogP contribution < -0.4 is 4.90 Å². The summed E-state index contributed by atoms with van der Waals surface area (Å²) in [4.78, 5) is 17.9. The molecule has 3 heteroatoms. The third kappa shape index (κ3) is 1.92. The van der Waals surface area contributed by atoms with E-state index < -0.39 is 0 Å². The van der Waals surface area contributed by atoms with Crippen LogP contribution in [0.2, 0.25) is 0 Å². The van der Waals surface area contributed by atoms with Gasteiger partial charge in [0.05, 0.1) is 11.3 Å². The molecule has 1 N–H and O–H groups in total. The van der Waals surface area contributed by atoms with Gasteiger partial charge < -0.3 is 9.88 Å². The summed E-state index contributed by atoms with van der Waals surface area (Å²) in [6.45, 7) is 2.07. The molecular formula is C19H20N2O. The molecule has 1 aliphatic heterocycles. The number of H-pyrrole nitrogens is 1. The molecule has 4 rings (SSSR count). The number of amides is 1. The van der Waals surface area contributed by atoms with Crippen molar-refractivity contribution in [2.75, 3.05) is 11.9 Å². The molecule has 1 aromatic carbocycles. The lowest BCUT2D eigenvalue weighted by Gasteiger charge is -2.08. The van der Waals surface area contributed by atoms with Crippen molar-refractivity contribution >= 4 is 23.2 Å². The summed E-state index contributed by atoms with van der Waals surface area (Å²) in [6.07, 6.45) is 6.83.